The van der Waals surface area contributed by atoms with E-state index in [1.165, 1.54) is 21.8 Å². The summed E-state index contributed by atoms with van der Waals surface area (Å²) in [7, 11) is 0. The molecule has 29 heavy (non-hydrogen) atoms. The molecule has 1 aliphatic rings. The van der Waals surface area contributed by atoms with E-state index in [1.807, 2.05) is 25.1 Å². The van der Waals surface area contributed by atoms with E-state index in [-0.39, 0.29) is 16.1 Å². The molecule has 0 saturated heterocycles. The first-order chi connectivity index (χ1) is 14.1. The Morgan fingerprint density at radius 1 is 1.34 bits per heavy atom. The van der Waals surface area contributed by atoms with Crippen LogP contribution < -0.4 is 20.8 Å². The van der Waals surface area contributed by atoms with Crippen molar-refractivity contribution in [3.8, 4) is 0 Å². The molecule has 1 aliphatic carbocycles. The minimum Gasteiger partial charge on any atom is -0.613 e. The number of quaternary nitrogens is 1. The summed E-state index contributed by atoms with van der Waals surface area (Å²) in [6, 6.07) is 5.81. The number of rotatable bonds is 5. The molecule has 0 aliphatic heterocycles. The Kier molecular flexibility index (Phi) is 4.80. The molecule has 2 atom stereocenters. The maximum Gasteiger partial charge on any atom is 0.305 e. The number of aromatic amines is 1. The minimum absolute atomic E-state index is 0.0265. The van der Waals surface area contributed by atoms with Gasteiger partial charge in [0.05, 0.1) is 15.6 Å². The van der Waals surface area contributed by atoms with Crippen molar-refractivity contribution >= 4 is 54.6 Å². The van der Waals surface area contributed by atoms with E-state index >= 15 is 0 Å². The van der Waals surface area contributed by atoms with E-state index in [0.717, 1.165) is 51.2 Å². The van der Waals surface area contributed by atoms with Gasteiger partial charge in [0, 0.05) is 30.0 Å². The van der Waals surface area contributed by atoms with Crippen molar-refractivity contribution in [1.82, 2.24) is 20.4 Å². The molecule has 0 spiro atoms. The van der Waals surface area contributed by atoms with Crippen LogP contribution in [0.25, 0.3) is 20.4 Å². The Bertz CT molecular complexity index is 1250. The van der Waals surface area contributed by atoms with Crippen LogP contribution in [0, 0.1) is 5.21 Å². The summed E-state index contributed by atoms with van der Waals surface area (Å²) in [6.07, 6.45) is 4.01. The van der Waals surface area contributed by atoms with Crippen LogP contribution in [0.1, 0.15) is 23.8 Å². The van der Waals surface area contributed by atoms with Gasteiger partial charge in [-0.05, 0) is 37.1 Å². The minimum atomic E-state index is -0.0601. The van der Waals surface area contributed by atoms with Gasteiger partial charge in [-0.3, -0.25) is 9.97 Å². The normalized spacial score (nSPS) is 17.5. The van der Waals surface area contributed by atoms with E-state index in [1.54, 1.807) is 17.7 Å². The molecule has 1 aromatic carbocycles. The molecule has 5 rings (SSSR count). The third-order valence-electron chi connectivity index (χ3n) is 5.25. The van der Waals surface area contributed by atoms with Gasteiger partial charge in [0.2, 0.25) is 0 Å². The lowest BCUT2D eigenvalue weighted by atomic mass is 9.93. The zero-order valence-electron chi connectivity index (χ0n) is 15.7. The third kappa shape index (κ3) is 3.43. The molecule has 150 valence electrons. The molecule has 0 amide bonds. The molecular weight excluding hydrogens is 408 g/mol. The first kappa shape index (κ1) is 18.6. The number of hydrogen-bond donors (Lipinski definition) is 4. The first-order valence-corrected chi connectivity index (χ1v) is 11.2. The number of H-pyrrole nitrogens is 1. The number of fused-ring (bicyclic) bond motifs is 4. The Balaban J connectivity index is 1.49. The highest BCUT2D eigenvalue weighted by Crippen LogP contribution is 2.38. The quantitative estimate of drug-likeness (QED) is 0.363. The van der Waals surface area contributed by atoms with Crippen molar-refractivity contribution < 1.29 is 5.17 Å². The molecule has 3 aromatic heterocycles. The highest BCUT2D eigenvalue weighted by molar-refractivity contribution is 7.19. The molecule has 10 heteroatoms. The van der Waals surface area contributed by atoms with Crippen LogP contribution in [0.15, 0.2) is 29.3 Å². The topological polar surface area (TPSA) is 110 Å². The van der Waals surface area contributed by atoms with Crippen LogP contribution in [0.5, 0.6) is 0 Å². The Hall–Kier alpha value is -2.37. The number of anilines is 2. The van der Waals surface area contributed by atoms with Gasteiger partial charge in [-0.2, -0.15) is 5.43 Å². The predicted octanol–water partition coefficient (Wildman–Crippen LogP) is 2.10. The predicted molar refractivity (Wildman–Crippen MR) is 117 cm³/mol. The van der Waals surface area contributed by atoms with Gasteiger partial charge in [0.25, 0.3) is 0 Å². The van der Waals surface area contributed by atoms with Gasteiger partial charge in [-0.15, -0.1) is 11.3 Å². The summed E-state index contributed by atoms with van der Waals surface area (Å²) in [6.45, 7) is 2.61. The third-order valence-corrected chi connectivity index (χ3v) is 7.26. The molecule has 3 heterocycles. The molecule has 4 aromatic rings. The lowest BCUT2D eigenvalue weighted by Crippen LogP contribution is -3.18. The molecule has 0 fully saturated rings. The highest BCUT2D eigenvalue weighted by atomic mass is 32.1. The number of thiazole rings is 1. The monoisotopic (exact) mass is 428 g/mol. The Labute approximate surface area is 174 Å². The molecular formula is C19H20N6O2S2. The zero-order chi connectivity index (χ0) is 20.0. The van der Waals surface area contributed by atoms with Crippen molar-refractivity contribution in [1.29, 1.82) is 0 Å². The van der Waals surface area contributed by atoms with Gasteiger partial charge < -0.3 is 15.5 Å². The second-order valence-electron chi connectivity index (χ2n) is 7.09. The molecule has 0 saturated carbocycles. The maximum atomic E-state index is 12.3. The molecule has 0 radical (unpaired) electrons. The van der Waals surface area contributed by atoms with Gasteiger partial charge in [0.15, 0.2) is 0 Å². The van der Waals surface area contributed by atoms with Gasteiger partial charge >= 0.3 is 4.87 Å². The van der Waals surface area contributed by atoms with Gasteiger partial charge in [-0.25, -0.2) is 9.97 Å². The molecule has 8 nitrogen and oxygen atoms in total. The van der Waals surface area contributed by atoms with E-state index in [0.29, 0.717) is 6.54 Å². The number of hydroxylamine groups is 1. The van der Waals surface area contributed by atoms with Crippen molar-refractivity contribution in [2.75, 3.05) is 11.9 Å². The lowest BCUT2D eigenvalue weighted by molar-refractivity contribution is -0.922. The highest BCUT2D eigenvalue weighted by Gasteiger charge is 2.28. The van der Waals surface area contributed by atoms with Crippen LogP contribution in [-0.4, -0.2) is 27.5 Å². The lowest BCUT2D eigenvalue weighted by Gasteiger charge is -2.33. The van der Waals surface area contributed by atoms with Crippen LogP contribution in [0.3, 0.4) is 0 Å². The van der Waals surface area contributed by atoms with E-state index < -0.39 is 0 Å². The van der Waals surface area contributed by atoms with E-state index in [2.05, 4.69) is 25.7 Å². The number of nitrogens with one attached hydrogen (secondary N) is 4. The average molecular weight is 429 g/mol. The van der Waals surface area contributed by atoms with Crippen LogP contribution in [0.4, 0.5) is 11.5 Å². The first-order valence-electron chi connectivity index (χ1n) is 9.55. The Morgan fingerprint density at radius 2 is 2.24 bits per heavy atom. The van der Waals surface area contributed by atoms with Crippen molar-refractivity contribution in [3.05, 3.63) is 49.8 Å². The number of aryl methyl sites for hydroxylation is 1. The Morgan fingerprint density at radius 3 is 3.10 bits per heavy atom. The molecule has 2 unspecified atom stereocenters. The summed E-state index contributed by atoms with van der Waals surface area (Å²) in [5.41, 5.74) is 5.91. The smallest absolute Gasteiger partial charge is 0.305 e. The fourth-order valence-corrected chi connectivity index (χ4v) is 5.95. The van der Waals surface area contributed by atoms with Crippen LogP contribution in [0.2, 0.25) is 0 Å². The van der Waals surface area contributed by atoms with E-state index in [9.17, 15) is 10.0 Å². The number of nitrogens with zero attached hydrogens (tertiary/aromatic N) is 2. The fourth-order valence-electron chi connectivity index (χ4n) is 3.91. The second kappa shape index (κ2) is 7.47. The zero-order valence-corrected chi connectivity index (χ0v) is 17.4. The average Bonchev–Trinajstić information content (AvgIpc) is 3.26. The number of benzene rings is 1. The standard InChI is InChI=1S/C19H20N6O2S2/c1-2-22-25(27)11-4-5-12-14(8-11)28-18-16(12)17(20-9-21-18)23-10-3-6-13-15(7-10)29-19(26)24-13/h3,6-7,9,11,22,25H,2,4-5,8H2,1H3,(H,24,26)(H,20,21,23). The summed E-state index contributed by atoms with van der Waals surface area (Å²) in [5.74, 6) is 0.770. The molecule has 4 N–H and O–H groups in total. The maximum absolute atomic E-state index is 12.3. The summed E-state index contributed by atoms with van der Waals surface area (Å²) in [5, 5.41) is 16.9. The van der Waals surface area contributed by atoms with Gasteiger partial charge in [-0.1, -0.05) is 11.3 Å². The summed E-state index contributed by atoms with van der Waals surface area (Å²) in [4.78, 5) is 25.5. The van der Waals surface area contributed by atoms with Crippen molar-refractivity contribution in [2.45, 2.75) is 32.2 Å². The molecule has 0 bridgehead atoms. The van der Waals surface area contributed by atoms with Crippen LogP contribution in [-0.2, 0) is 12.8 Å². The number of aromatic nitrogens is 3. The van der Waals surface area contributed by atoms with Gasteiger partial charge in [0.1, 0.15) is 23.0 Å². The van der Waals surface area contributed by atoms with Crippen molar-refractivity contribution in [2.24, 2.45) is 0 Å². The largest absolute Gasteiger partial charge is 0.613 e. The second-order valence-corrected chi connectivity index (χ2v) is 9.19. The summed E-state index contributed by atoms with van der Waals surface area (Å²) >= 11 is 2.85. The summed E-state index contributed by atoms with van der Waals surface area (Å²) < 4.78 is 0.905. The SMILES string of the molecule is CCN[NH+]([O-])C1CCc2c(sc3ncnc(Nc4ccc5[nH]c(=O)sc5c4)c23)C1. The van der Waals surface area contributed by atoms with Crippen molar-refractivity contribution in [3.63, 3.8) is 0 Å². The number of thiophene rings is 1. The van der Waals surface area contributed by atoms with E-state index in [4.69, 9.17) is 0 Å². The fraction of sp³-hybridized carbons (Fsp3) is 0.316. The van der Waals surface area contributed by atoms with Crippen LogP contribution >= 0.6 is 22.7 Å². The number of hydrogen-bond acceptors (Lipinski definition) is 8.